The number of nitrogens with zero attached hydrogens (tertiary/aromatic N) is 1. The summed E-state index contributed by atoms with van der Waals surface area (Å²) in [7, 11) is 0. The average Bonchev–Trinajstić information content (AvgIpc) is 2.51. The van der Waals surface area contributed by atoms with Gasteiger partial charge in [0.1, 0.15) is 0 Å². The molecule has 6 heteroatoms. The third kappa shape index (κ3) is 5.64. The van der Waals surface area contributed by atoms with E-state index in [2.05, 4.69) is 24.1 Å². The zero-order valence-corrected chi connectivity index (χ0v) is 15.2. The first-order valence-electron chi connectivity index (χ1n) is 8.02. The van der Waals surface area contributed by atoms with E-state index < -0.39 is 0 Å². The van der Waals surface area contributed by atoms with Gasteiger partial charge in [-0.1, -0.05) is 37.0 Å². The summed E-state index contributed by atoms with van der Waals surface area (Å²) in [5.41, 5.74) is 0.460. The lowest BCUT2D eigenvalue weighted by molar-refractivity contribution is 0.0124. The molecule has 1 atom stereocenters. The second-order valence-corrected chi connectivity index (χ2v) is 7.11. The van der Waals surface area contributed by atoms with Crippen molar-refractivity contribution in [2.24, 2.45) is 5.92 Å². The Kier molecular flexibility index (Phi) is 7.15. The fourth-order valence-electron chi connectivity index (χ4n) is 2.83. The number of carbonyl (C=O) groups excluding carboxylic acids is 1. The maximum absolute atomic E-state index is 12.4. The van der Waals surface area contributed by atoms with Crippen LogP contribution in [-0.4, -0.2) is 49.7 Å². The number of morpholine rings is 1. The minimum absolute atomic E-state index is 0.159. The first-order valence-corrected chi connectivity index (χ1v) is 8.78. The summed E-state index contributed by atoms with van der Waals surface area (Å²) < 4.78 is 5.42. The zero-order chi connectivity index (χ0) is 16.8. The van der Waals surface area contributed by atoms with E-state index in [0.29, 0.717) is 34.1 Å². The van der Waals surface area contributed by atoms with Gasteiger partial charge < -0.3 is 10.1 Å². The van der Waals surface area contributed by atoms with Crippen molar-refractivity contribution in [3.63, 3.8) is 0 Å². The third-order valence-corrected chi connectivity index (χ3v) is 4.53. The minimum atomic E-state index is -0.159. The van der Waals surface area contributed by atoms with Gasteiger partial charge in [-0.05, 0) is 30.5 Å². The number of hydrogen-bond donors (Lipinski definition) is 1. The summed E-state index contributed by atoms with van der Waals surface area (Å²) in [4.78, 5) is 14.8. The molecule has 1 aliphatic heterocycles. The van der Waals surface area contributed by atoms with Crippen LogP contribution in [0.25, 0.3) is 0 Å². The molecule has 1 heterocycles. The monoisotopic (exact) mass is 358 g/mol. The average molecular weight is 359 g/mol. The number of rotatable bonds is 6. The SMILES string of the molecule is CC(C)CC(CNC(=O)c1ccc(Cl)cc1Cl)N1CCOCC1. The van der Waals surface area contributed by atoms with Gasteiger partial charge in [-0.2, -0.15) is 0 Å². The Morgan fingerprint density at radius 3 is 2.61 bits per heavy atom. The molecule has 0 aliphatic carbocycles. The highest BCUT2D eigenvalue weighted by atomic mass is 35.5. The standard InChI is InChI=1S/C17H24Cl2N2O2/c1-12(2)9-14(21-5-7-23-8-6-21)11-20-17(22)15-4-3-13(18)10-16(15)19/h3-4,10,12,14H,5-9,11H2,1-2H3,(H,20,22). The summed E-state index contributed by atoms with van der Waals surface area (Å²) in [6, 6.07) is 5.24. The quantitative estimate of drug-likeness (QED) is 0.846. The number of amides is 1. The molecule has 0 aromatic heterocycles. The molecule has 4 nitrogen and oxygen atoms in total. The number of hydrogen-bond acceptors (Lipinski definition) is 3. The Hall–Kier alpha value is -0.810. The van der Waals surface area contributed by atoms with E-state index in [9.17, 15) is 4.79 Å². The van der Waals surface area contributed by atoms with Gasteiger partial charge in [-0.15, -0.1) is 0 Å². The normalized spacial score (nSPS) is 17.3. The van der Waals surface area contributed by atoms with Crippen LogP contribution < -0.4 is 5.32 Å². The number of halogens is 2. The molecule has 1 aromatic rings. The van der Waals surface area contributed by atoms with E-state index in [-0.39, 0.29) is 5.91 Å². The van der Waals surface area contributed by atoms with E-state index in [1.807, 2.05) is 0 Å². The number of nitrogens with one attached hydrogen (secondary N) is 1. The lowest BCUT2D eigenvalue weighted by Crippen LogP contribution is -2.49. The van der Waals surface area contributed by atoms with Crippen LogP contribution in [-0.2, 0) is 4.74 Å². The van der Waals surface area contributed by atoms with Gasteiger partial charge in [-0.25, -0.2) is 0 Å². The summed E-state index contributed by atoms with van der Waals surface area (Å²) >= 11 is 12.0. The molecule has 2 rings (SSSR count). The fraction of sp³-hybridized carbons (Fsp3) is 0.588. The molecular formula is C17H24Cl2N2O2. The van der Waals surface area contributed by atoms with Gasteiger partial charge in [0.05, 0.1) is 23.8 Å². The predicted molar refractivity (Wildman–Crippen MR) is 94.4 cm³/mol. The van der Waals surface area contributed by atoms with Crippen molar-refractivity contribution in [3.8, 4) is 0 Å². The molecule has 23 heavy (non-hydrogen) atoms. The molecule has 1 N–H and O–H groups in total. The van der Waals surface area contributed by atoms with Crippen molar-refractivity contribution in [2.45, 2.75) is 26.3 Å². The topological polar surface area (TPSA) is 41.6 Å². The lowest BCUT2D eigenvalue weighted by Gasteiger charge is -2.35. The summed E-state index contributed by atoms with van der Waals surface area (Å²) in [6.45, 7) is 8.34. The first kappa shape index (κ1) is 18.5. The highest BCUT2D eigenvalue weighted by molar-refractivity contribution is 6.36. The van der Waals surface area contributed by atoms with E-state index in [4.69, 9.17) is 27.9 Å². The molecule has 1 amide bonds. The smallest absolute Gasteiger partial charge is 0.252 e. The maximum atomic E-state index is 12.4. The number of ether oxygens (including phenoxy) is 1. The van der Waals surface area contributed by atoms with Gasteiger partial charge in [0, 0.05) is 30.7 Å². The van der Waals surface area contributed by atoms with Gasteiger partial charge in [0.2, 0.25) is 0 Å². The zero-order valence-electron chi connectivity index (χ0n) is 13.6. The molecule has 1 saturated heterocycles. The highest BCUT2D eigenvalue weighted by Crippen LogP contribution is 2.21. The molecule has 1 unspecified atom stereocenters. The van der Waals surface area contributed by atoms with Crippen LogP contribution in [0.2, 0.25) is 10.0 Å². The Labute approximate surface area is 148 Å². The third-order valence-electron chi connectivity index (χ3n) is 3.98. The van der Waals surface area contributed by atoms with Crippen LogP contribution in [0.15, 0.2) is 18.2 Å². The number of carbonyl (C=O) groups is 1. The van der Waals surface area contributed by atoms with Gasteiger partial charge >= 0.3 is 0 Å². The van der Waals surface area contributed by atoms with Crippen LogP contribution >= 0.6 is 23.2 Å². The maximum Gasteiger partial charge on any atom is 0.252 e. The van der Waals surface area contributed by atoms with Gasteiger partial charge in [-0.3, -0.25) is 9.69 Å². The molecule has 1 fully saturated rings. The molecule has 0 bridgehead atoms. The summed E-state index contributed by atoms with van der Waals surface area (Å²) in [6.07, 6.45) is 1.04. The number of benzene rings is 1. The van der Waals surface area contributed by atoms with Crippen LogP contribution in [0.4, 0.5) is 0 Å². The largest absolute Gasteiger partial charge is 0.379 e. The van der Waals surface area contributed by atoms with Crippen molar-refractivity contribution in [3.05, 3.63) is 33.8 Å². The van der Waals surface area contributed by atoms with E-state index in [1.54, 1.807) is 18.2 Å². The summed E-state index contributed by atoms with van der Waals surface area (Å²) in [5.74, 6) is 0.410. The van der Waals surface area contributed by atoms with Crippen molar-refractivity contribution in [1.82, 2.24) is 10.2 Å². The van der Waals surface area contributed by atoms with Crippen molar-refractivity contribution >= 4 is 29.1 Å². The minimum Gasteiger partial charge on any atom is -0.379 e. The molecule has 0 saturated carbocycles. The van der Waals surface area contributed by atoms with Crippen molar-refractivity contribution in [1.29, 1.82) is 0 Å². The second kappa shape index (κ2) is 8.88. The molecular weight excluding hydrogens is 335 g/mol. The first-order chi connectivity index (χ1) is 11.0. The lowest BCUT2D eigenvalue weighted by atomic mass is 10.0. The molecule has 1 aromatic carbocycles. The molecule has 1 aliphatic rings. The van der Waals surface area contributed by atoms with E-state index in [0.717, 1.165) is 32.7 Å². The van der Waals surface area contributed by atoms with Crippen LogP contribution in [0.1, 0.15) is 30.6 Å². The Morgan fingerprint density at radius 1 is 1.30 bits per heavy atom. The Balaban J connectivity index is 1.97. The van der Waals surface area contributed by atoms with Crippen LogP contribution in [0.5, 0.6) is 0 Å². The molecule has 0 radical (unpaired) electrons. The van der Waals surface area contributed by atoms with Crippen molar-refractivity contribution in [2.75, 3.05) is 32.8 Å². The fourth-order valence-corrected chi connectivity index (χ4v) is 3.32. The molecule has 128 valence electrons. The highest BCUT2D eigenvalue weighted by Gasteiger charge is 2.23. The van der Waals surface area contributed by atoms with E-state index >= 15 is 0 Å². The molecule has 0 spiro atoms. The van der Waals surface area contributed by atoms with Crippen LogP contribution in [0.3, 0.4) is 0 Å². The summed E-state index contributed by atoms with van der Waals surface area (Å²) in [5, 5.41) is 3.92. The van der Waals surface area contributed by atoms with Crippen molar-refractivity contribution < 1.29 is 9.53 Å². The Morgan fingerprint density at radius 2 is 2.00 bits per heavy atom. The predicted octanol–water partition coefficient (Wildman–Crippen LogP) is 3.47. The Bertz CT molecular complexity index is 531. The van der Waals surface area contributed by atoms with E-state index in [1.165, 1.54) is 0 Å². The van der Waals surface area contributed by atoms with Crippen LogP contribution in [0, 0.1) is 5.92 Å². The van der Waals surface area contributed by atoms with Gasteiger partial charge in [0.15, 0.2) is 0 Å². The second-order valence-electron chi connectivity index (χ2n) is 6.27. The van der Waals surface area contributed by atoms with Gasteiger partial charge in [0.25, 0.3) is 5.91 Å².